The summed E-state index contributed by atoms with van der Waals surface area (Å²) in [4.78, 5) is 0. The third kappa shape index (κ3) is 1.61. The van der Waals surface area contributed by atoms with Gasteiger partial charge in [0.05, 0.1) is 11.6 Å². The van der Waals surface area contributed by atoms with E-state index in [1.165, 1.54) is 6.08 Å². The first kappa shape index (κ1) is 9.45. The van der Waals surface area contributed by atoms with Crippen LogP contribution in [0.1, 0.15) is 5.56 Å². The van der Waals surface area contributed by atoms with Crippen molar-refractivity contribution in [3.63, 3.8) is 0 Å². The van der Waals surface area contributed by atoms with Gasteiger partial charge in [0.15, 0.2) is 0 Å². The normalized spacial score (nSPS) is 10.9. The molecule has 0 spiro atoms. The zero-order valence-electron chi connectivity index (χ0n) is 7.77. The number of hydrogen-bond acceptors (Lipinski definition) is 3. The highest BCUT2D eigenvalue weighted by molar-refractivity contribution is 7.17. The highest BCUT2D eigenvalue weighted by Crippen LogP contribution is 2.29. The van der Waals surface area contributed by atoms with Crippen LogP contribution in [-0.2, 0) is 0 Å². The van der Waals surface area contributed by atoms with Crippen LogP contribution in [0.2, 0.25) is 0 Å². The van der Waals surface area contributed by atoms with E-state index in [9.17, 15) is 0 Å². The number of nitriles is 2. The Morgan fingerprint density at radius 2 is 2.13 bits per heavy atom. The van der Waals surface area contributed by atoms with Gasteiger partial charge in [0.25, 0.3) is 0 Å². The van der Waals surface area contributed by atoms with Crippen LogP contribution in [0.5, 0.6) is 0 Å². The summed E-state index contributed by atoms with van der Waals surface area (Å²) in [6.07, 6.45) is 1.29. The minimum Gasteiger partial charge on any atom is -0.193 e. The maximum absolute atomic E-state index is 8.94. The van der Waals surface area contributed by atoms with Crippen molar-refractivity contribution >= 4 is 27.0 Å². The van der Waals surface area contributed by atoms with Gasteiger partial charge < -0.3 is 0 Å². The van der Waals surface area contributed by atoms with E-state index in [4.69, 9.17) is 10.5 Å². The summed E-state index contributed by atoms with van der Waals surface area (Å²) in [5.41, 5.74) is 1.26. The highest BCUT2D eigenvalue weighted by Gasteiger charge is 2.06. The number of fused-ring (bicyclic) bond motifs is 1. The van der Waals surface area contributed by atoms with Crippen molar-refractivity contribution in [2.75, 3.05) is 0 Å². The van der Waals surface area contributed by atoms with Crippen LogP contribution in [0.4, 0.5) is 0 Å². The maximum atomic E-state index is 8.94. The molecule has 2 aromatic rings. The van der Waals surface area contributed by atoms with E-state index < -0.39 is 0 Å². The first-order valence-electron chi connectivity index (χ1n) is 4.33. The molecule has 1 aromatic heterocycles. The van der Waals surface area contributed by atoms with Crippen molar-refractivity contribution in [3.05, 3.63) is 41.3 Å². The van der Waals surface area contributed by atoms with Gasteiger partial charge in [0, 0.05) is 16.3 Å². The summed E-state index contributed by atoms with van der Waals surface area (Å²) in [7, 11) is 0. The van der Waals surface area contributed by atoms with Gasteiger partial charge in [-0.25, -0.2) is 0 Å². The molecular formula is C12H6N2S. The lowest BCUT2D eigenvalue weighted by Crippen LogP contribution is -1.80. The van der Waals surface area contributed by atoms with Crippen LogP contribution in [0.25, 0.3) is 15.7 Å². The molecule has 0 amide bonds. The third-order valence-corrected chi connectivity index (χ3v) is 3.06. The lowest BCUT2D eigenvalue weighted by Gasteiger charge is -1.98. The van der Waals surface area contributed by atoms with Crippen molar-refractivity contribution in [3.8, 4) is 12.1 Å². The predicted octanol–water partition coefficient (Wildman–Crippen LogP) is 3.33. The Morgan fingerprint density at radius 1 is 1.27 bits per heavy atom. The molecule has 0 saturated heterocycles. The number of hydrogen-bond donors (Lipinski definition) is 0. The number of allylic oxidation sites excluding steroid dienone is 2. The molecule has 0 N–H and O–H groups in total. The topological polar surface area (TPSA) is 47.6 Å². The summed E-state index contributed by atoms with van der Waals surface area (Å²) in [5, 5.41) is 20.6. The van der Waals surface area contributed by atoms with E-state index in [1.54, 1.807) is 11.3 Å². The van der Waals surface area contributed by atoms with Gasteiger partial charge in [-0.1, -0.05) is 18.2 Å². The van der Waals surface area contributed by atoms with E-state index in [0.29, 0.717) is 5.57 Å². The van der Waals surface area contributed by atoms with Gasteiger partial charge in [-0.05, 0) is 16.8 Å². The smallest absolute Gasteiger partial charge is 0.101 e. The molecule has 70 valence electrons. The van der Waals surface area contributed by atoms with E-state index >= 15 is 0 Å². The number of rotatable bonds is 1. The number of benzene rings is 1. The quantitative estimate of drug-likeness (QED) is 0.678. The molecular weight excluding hydrogens is 204 g/mol. The zero-order valence-corrected chi connectivity index (χ0v) is 8.58. The fourth-order valence-corrected chi connectivity index (χ4v) is 2.37. The molecule has 1 heterocycles. The fraction of sp³-hybridized carbons (Fsp3) is 0. The SMILES string of the molecule is N#C/C=C(\C#N)c1cccc2ccsc12. The molecule has 0 aliphatic heterocycles. The second kappa shape index (κ2) is 3.96. The highest BCUT2D eigenvalue weighted by atomic mass is 32.1. The average molecular weight is 210 g/mol. The van der Waals surface area contributed by atoms with E-state index in [1.807, 2.05) is 41.8 Å². The molecule has 0 unspecified atom stereocenters. The van der Waals surface area contributed by atoms with Gasteiger partial charge >= 0.3 is 0 Å². The van der Waals surface area contributed by atoms with Crippen LogP contribution in [0.15, 0.2) is 35.7 Å². The van der Waals surface area contributed by atoms with Crippen molar-refractivity contribution < 1.29 is 0 Å². The monoisotopic (exact) mass is 210 g/mol. The summed E-state index contributed by atoms with van der Waals surface area (Å²) < 4.78 is 1.06. The fourth-order valence-electron chi connectivity index (χ4n) is 1.44. The van der Waals surface area contributed by atoms with Crippen LogP contribution in [-0.4, -0.2) is 0 Å². The lowest BCUT2D eigenvalue weighted by atomic mass is 10.1. The van der Waals surface area contributed by atoms with Crippen molar-refractivity contribution in [1.29, 1.82) is 10.5 Å². The minimum atomic E-state index is 0.422. The Balaban J connectivity index is 2.72. The third-order valence-electron chi connectivity index (χ3n) is 2.10. The average Bonchev–Trinajstić information content (AvgIpc) is 2.73. The Morgan fingerprint density at radius 3 is 2.87 bits per heavy atom. The molecule has 15 heavy (non-hydrogen) atoms. The molecule has 0 fully saturated rings. The molecule has 0 saturated carbocycles. The molecule has 3 heteroatoms. The molecule has 1 aromatic carbocycles. The second-order valence-corrected chi connectivity index (χ2v) is 3.86. The Hall–Kier alpha value is -2.10. The maximum Gasteiger partial charge on any atom is 0.101 e. The largest absolute Gasteiger partial charge is 0.193 e. The summed E-state index contributed by atoms with van der Waals surface area (Å²) in [5.74, 6) is 0. The Labute approximate surface area is 91.3 Å². The molecule has 0 aliphatic rings. The minimum absolute atomic E-state index is 0.422. The van der Waals surface area contributed by atoms with Crippen molar-refractivity contribution in [1.82, 2.24) is 0 Å². The second-order valence-electron chi connectivity index (χ2n) is 2.94. The Kier molecular flexibility index (Phi) is 2.49. The van der Waals surface area contributed by atoms with Gasteiger partial charge in [0.2, 0.25) is 0 Å². The first-order valence-corrected chi connectivity index (χ1v) is 5.21. The van der Waals surface area contributed by atoms with E-state index in [0.717, 1.165) is 15.6 Å². The van der Waals surface area contributed by atoms with Crippen molar-refractivity contribution in [2.24, 2.45) is 0 Å². The molecule has 2 rings (SSSR count). The molecule has 0 atom stereocenters. The van der Waals surface area contributed by atoms with E-state index in [-0.39, 0.29) is 0 Å². The molecule has 0 radical (unpaired) electrons. The van der Waals surface area contributed by atoms with Gasteiger partial charge in [-0.2, -0.15) is 10.5 Å². The van der Waals surface area contributed by atoms with Gasteiger partial charge in [-0.3, -0.25) is 0 Å². The summed E-state index contributed by atoms with van der Waals surface area (Å²) in [6.45, 7) is 0. The number of thiophene rings is 1. The van der Waals surface area contributed by atoms with Crippen LogP contribution in [0.3, 0.4) is 0 Å². The van der Waals surface area contributed by atoms with Crippen LogP contribution >= 0.6 is 11.3 Å². The molecule has 2 nitrogen and oxygen atoms in total. The zero-order chi connectivity index (χ0) is 10.7. The molecule has 0 bridgehead atoms. The van der Waals surface area contributed by atoms with Gasteiger partial charge in [0.1, 0.15) is 6.07 Å². The number of nitrogens with zero attached hydrogens (tertiary/aromatic N) is 2. The van der Waals surface area contributed by atoms with Crippen molar-refractivity contribution in [2.45, 2.75) is 0 Å². The van der Waals surface area contributed by atoms with Crippen LogP contribution in [0, 0.1) is 22.7 Å². The molecule has 0 aliphatic carbocycles. The summed E-state index contributed by atoms with van der Waals surface area (Å²) >= 11 is 1.58. The van der Waals surface area contributed by atoms with Crippen LogP contribution < -0.4 is 0 Å². The lowest BCUT2D eigenvalue weighted by molar-refractivity contribution is 1.51. The first-order chi connectivity index (χ1) is 7.36. The predicted molar refractivity (Wildman–Crippen MR) is 61.0 cm³/mol. The van der Waals surface area contributed by atoms with E-state index in [2.05, 4.69) is 0 Å². The Bertz CT molecular complexity index is 608. The standard InChI is InChI=1S/C12H6N2S/c13-6-4-10(8-14)11-3-1-2-9-5-7-15-12(9)11/h1-5,7H/b10-4+. The summed E-state index contributed by atoms with van der Waals surface area (Å²) in [6, 6.07) is 11.7. The van der Waals surface area contributed by atoms with Gasteiger partial charge in [-0.15, -0.1) is 11.3 Å².